The molecule has 0 bridgehead atoms. The van der Waals surface area contributed by atoms with Gasteiger partial charge in [0.1, 0.15) is 0 Å². The van der Waals surface area contributed by atoms with Gasteiger partial charge in [0.05, 0.1) is 33.3 Å². The molecule has 4 aromatic carbocycles. The molecule has 0 saturated carbocycles. The van der Waals surface area contributed by atoms with E-state index in [-0.39, 0.29) is 5.56 Å². The van der Waals surface area contributed by atoms with Crippen LogP contribution in [-0.2, 0) is 0 Å². The van der Waals surface area contributed by atoms with Gasteiger partial charge >= 0.3 is 5.56 Å². The first kappa shape index (κ1) is 18.7. The Kier molecular flexibility index (Phi) is 3.90. The Labute approximate surface area is 193 Å². The van der Waals surface area contributed by atoms with E-state index in [0.29, 0.717) is 11.6 Å². The van der Waals surface area contributed by atoms with Gasteiger partial charge in [0.15, 0.2) is 0 Å². The van der Waals surface area contributed by atoms with Crippen molar-refractivity contribution in [2.45, 2.75) is 0 Å². The second kappa shape index (κ2) is 7.08. The minimum Gasteiger partial charge on any atom is -0.286 e. The van der Waals surface area contributed by atoms with Crippen molar-refractivity contribution in [1.82, 2.24) is 23.9 Å². The third-order valence-electron chi connectivity index (χ3n) is 6.16. The lowest BCUT2D eigenvalue weighted by atomic mass is 10.1. The van der Waals surface area contributed by atoms with Gasteiger partial charge < -0.3 is 0 Å². The Bertz CT molecular complexity index is 1940. The fourth-order valence-corrected chi connectivity index (χ4v) is 4.64. The number of rotatable bonds is 2. The van der Waals surface area contributed by atoms with Crippen molar-refractivity contribution in [3.63, 3.8) is 0 Å². The van der Waals surface area contributed by atoms with Crippen LogP contribution in [0.5, 0.6) is 0 Å². The van der Waals surface area contributed by atoms with Crippen LogP contribution < -0.4 is 5.56 Å². The SMILES string of the molecule is O=c1c2nc3ccccc3n2c2ccccc2n1-c1nc(-c2ccccc2)c2ccccc2n1. The van der Waals surface area contributed by atoms with Crippen molar-refractivity contribution in [3.05, 3.63) is 113 Å². The van der Waals surface area contributed by atoms with Gasteiger partial charge in [0, 0.05) is 10.9 Å². The Morgan fingerprint density at radius 1 is 0.559 bits per heavy atom. The van der Waals surface area contributed by atoms with E-state index in [1.807, 2.05) is 108 Å². The average molecular weight is 439 g/mol. The van der Waals surface area contributed by atoms with E-state index in [2.05, 4.69) is 4.98 Å². The van der Waals surface area contributed by atoms with Crippen molar-refractivity contribution in [1.29, 1.82) is 0 Å². The van der Waals surface area contributed by atoms with E-state index in [1.165, 1.54) is 0 Å². The van der Waals surface area contributed by atoms with Crippen molar-refractivity contribution < 1.29 is 0 Å². The highest BCUT2D eigenvalue weighted by Crippen LogP contribution is 2.28. The van der Waals surface area contributed by atoms with E-state index < -0.39 is 0 Å². The summed E-state index contributed by atoms with van der Waals surface area (Å²) in [4.78, 5) is 28.3. The number of para-hydroxylation sites is 5. The normalized spacial score (nSPS) is 11.6. The van der Waals surface area contributed by atoms with Gasteiger partial charge in [0.25, 0.3) is 0 Å². The molecule has 0 unspecified atom stereocenters. The summed E-state index contributed by atoms with van der Waals surface area (Å²) < 4.78 is 3.50. The molecule has 0 spiro atoms. The molecule has 0 fully saturated rings. The van der Waals surface area contributed by atoms with Crippen LogP contribution in [0.2, 0.25) is 0 Å². The number of nitrogens with zero attached hydrogens (tertiary/aromatic N) is 5. The van der Waals surface area contributed by atoms with Gasteiger partial charge in [-0.25, -0.2) is 19.5 Å². The van der Waals surface area contributed by atoms with Gasteiger partial charge in [-0.2, -0.15) is 0 Å². The molecule has 0 aliphatic heterocycles. The van der Waals surface area contributed by atoms with Gasteiger partial charge in [0.2, 0.25) is 11.6 Å². The van der Waals surface area contributed by atoms with Crippen LogP contribution in [0.4, 0.5) is 0 Å². The molecule has 0 N–H and O–H groups in total. The first-order valence-electron chi connectivity index (χ1n) is 11.0. The maximum absolute atomic E-state index is 13.9. The van der Waals surface area contributed by atoms with E-state index in [1.54, 1.807) is 4.57 Å². The predicted molar refractivity (Wildman–Crippen MR) is 134 cm³/mol. The molecule has 0 aliphatic carbocycles. The largest absolute Gasteiger partial charge is 0.301 e. The summed E-state index contributed by atoms with van der Waals surface area (Å²) in [7, 11) is 0. The highest BCUT2D eigenvalue weighted by atomic mass is 16.1. The average Bonchev–Trinajstić information content (AvgIpc) is 3.29. The molecule has 0 aliphatic rings. The lowest BCUT2D eigenvalue weighted by Crippen LogP contribution is -2.24. The molecule has 0 atom stereocenters. The van der Waals surface area contributed by atoms with Crippen LogP contribution in [0.25, 0.3) is 55.8 Å². The summed E-state index contributed by atoms with van der Waals surface area (Å²) in [5.41, 5.74) is 5.85. The molecule has 3 aromatic heterocycles. The van der Waals surface area contributed by atoms with Crippen molar-refractivity contribution in [2.24, 2.45) is 0 Å². The molecule has 0 saturated heterocycles. The smallest absolute Gasteiger partial charge is 0.286 e. The van der Waals surface area contributed by atoms with E-state index in [0.717, 1.165) is 44.2 Å². The maximum atomic E-state index is 13.9. The summed E-state index contributed by atoms with van der Waals surface area (Å²) in [6.07, 6.45) is 0. The van der Waals surface area contributed by atoms with Crippen LogP contribution in [0.15, 0.2) is 108 Å². The quantitative estimate of drug-likeness (QED) is 0.362. The van der Waals surface area contributed by atoms with E-state index in [4.69, 9.17) is 9.97 Å². The van der Waals surface area contributed by atoms with Crippen LogP contribution in [0.3, 0.4) is 0 Å². The molecule has 3 heterocycles. The number of hydrogen-bond donors (Lipinski definition) is 0. The van der Waals surface area contributed by atoms with Crippen LogP contribution in [0.1, 0.15) is 0 Å². The second-order valence-corrected chi connectivity index (χ2v) is 8.14. The lowest BCUT2D eigenvalue weighted by Gasteiger charge is -2.13. The molecule has 6 nitrogen and oxygen atoms in total. The lowest BCUT2D eigenvalue weighted by molar-refractivity contribution is 0.928. The van der Waals surface area contributed by atoms with Crippen molar-refractivity contribution in [2.75, 3.05) is 0 Å². The monoisotopic (exact) mass is 439 g/mol. The number of imidazole rings is 1. The van der Waals surface area contributed by atoms with Crippen LogP contribution >= 0.6 is 0 Å². The molecule has 6 heteroatoms. The molecule has 160 valence electrons. The Morgan fingerprint density at radius 2 is 1.21 bits per heavy atom. The van der Waals surface area contributed by atoms with Crippen molar-refractivity contribution >= 4 is 38.6 Å². The molecule has 7 aromatic rings. The zero-order valence-electron chi connectivity index (χ0n) is 18.0. The summed E-state index contributed by atoms with van der Waals surface area (Å²) in [6, 6.07) is 33.4. The summed E-state index contributed by atoms with van der Waals surface area (Å²) in [5, 5.41) is 0.933. The maximum Gasteiger partial charge on any atom is 0.301 e. The summed E-state index contributed by atoms with van der Waals surface area (Å²) >= 11 is 0. The minimum atomic E-state index is -0.260. The Morgan fingerprint density at radius 3 is 2.03 bits per heavy atom. The van der Waals surface area contributed by atoms with Gasteiger partial charge in [-0.3, -0.25) is 9.20 Å². The van der Waals surface area contributed by atoms with E-state index in [9.17, 15) is 4.79 Å². The fourth-order valence-electron chi connectivity index (χ4n) is 4.64. The predicted octanol–water partition coefficient (Wildman–Crippen LogP) is 5.40. The standard InChI is InChI=1S/C28H17N5O/c34-27-26-29-21-14-6-7-15-22(21)32(26)23-16-8-9-17-24(23)33(27)28-30-20-13-5-4-12-19(20)25(31-28)18-10-2-1-3-11-18/h1-17H. The van der Waals surface area contributed by atoms with Gasteiger partial charge in [-0.05, 0) is 30.3 Å². The third-order valence-corrected chi connectivity index (χ3v) is 6.16. The third kappa shape index (κ3) is 2.62. The zero-order valence-corrected chi connectivity index (χ0v) is 18.0. The molecular weight excluding hydrogens is 422 g/mol. The number of hydrogen-bond acceptors (Lipinski definition) is 4. The first-order valence-corrected chi connectivity index (χ1v) is 11.0. The van der Waals surface area contributed by atoms with E-state index >= 15 is 0 Å². The molecule has 0 amide bonds. The highest BCUT2D eigenvalue weighted by molar-refractivity contribution is 5.93. The number of benzene rings is 4. The van der Waals surface area contributed by atoms with Crippen molar-refractivity contribution in [3.8, 4) is 17.2 Å². The molecule has 7 rings (SSSR count). The summed E-state index contributed by atoms with van der Waals surface area (Å²) in [5.74, 6) is 0.327. The number of fused-ring (bicyclic) bond motifs is 6. The second-order valence-electron chi connectivity index (χ2n) is 8.14. The van der Waals surface area contributed by atoms with Crippen LogP contribution in [0, 0.1) is 0 Å². The topological polar surface area (TPSA) is 65.1 Å². The highest BCUT2D eigenvalue weighted by Gasteiger charge is 2.19. The van der Waals surface area contributed by atoms with Crippen LogP contribution in [-0.4, -0.2) is 23.9 Å². The molecule has 34 heavy (non-hydrogen) atoms. The minimum absolute atomic E-state index is 0.260. The zero-order chi connectivity index (χ0) is 22.6. The number of aromatic nitrogens is 5. The molecule has 0 radical (unpaired) electrons. The first-order chi connectivity index (χ1) is 16.8. The Balaban J connectivity index is 1.65. The van der Waals surface area contributed by atoms with Gasteiger partial charge in [-0.15, -0.1) is 0 Å². The summed E-state index contributed by atoms with van der Waals surface area (Å²) in [6.45, 7) is 0. The Hall–Kier alpha value is -4.84. The van der Waals surface area contributed by atoms with Gasteiger partial charge in [-0.1, -0.05) is 72.8 Å². The fraction of sp³-hybridized carbons (Fsp3) is 0. The molecular formula is C28H17N5O.